The van der Waals surface area contributed by atoms with Gasteiger partial charge in [0.25, 0.3) is 0 Å². The fourth-order valence-corrected chi connectivity index (χ4v) is 2.38. The van der Waals surface area contributed by atoms with E-state index in [4.69, 9.17) is 4.74 Å². The lowest BCUT2D eigenvalue weighted by atomic mass is 10.2. The van der Waals surface area contributed by atoms with Crippen molar-refractivity contribution >= 4 is 11.9 Å². The highest BCUT2D eigenvalue weighted by molar-refractivity contribution is 5.78. The molecule has 0 aromatic carbocycles. The van der Waals surface area contributed by atoms with Gasteiger partial charge in [-0.15, -0.1) is 0 Å². The first-order valence-electron chi connectivity index (χ1n) is 7.54. The Morgan fingerprint density at radius 1 is 1.40 bits per heavy atom. The van der Waals surface area contributed by atoms with Crippen LogP contribution in [0.1, 0.15) is 33.1 Å². The molecule has 6 nitrogen and oxygen atoms in total. The standard InChI is InChI=1S/C14H27N3O3/c1-3-17(12-7-9-15-10-12)11-13(18)16-8-5-6-14(19)20-4-2/h12,15H,3-11H2,1-2H3,(H,16,18). The smallest absolute Gasteiger partial charge is 0.305 e. The first-order valence-corrected chi connectivity index (χ1v) is 7.54. The third kappa shape index (κ3) is 6.34. The summed E-state index contributed by atoms with van der Waals surface area (Å²) in [7, 11) is 0. The lowest BCUT2D eigenvalue weighted by Crippen LogP contribution is -2.44. The molecule has 0 radical (unpaired) electrons. The summed E-state index contributed by atoms with van der Waals surface area (Å²) >= 11 is 0. The number of ether oxygens (including phenoxy) is 1. The number of hydrogen-bond acceptors (Lipinski definition) is 5. The minimum Gasteiger partial charge on any atom is -0.466 e. The molecule has 1 aliphatic rings. The Balaban J connectivity index is 2.13. The minimum atomic E-state index is -0.200. The van der Waals surface area contributed by atoms with E-state index in [2.05, 4.69) is 22.5 Å². The molecule has 1 rings (SSSR count). The molecule has 0 spiro atoms. The van der Waals surface area contributed by atoms with Crippen LogP contribution in [-0.2, 0) is 14.3 Å². The van der Waals surface area contributed by atoms with Crippen LogP contribution in [0.25, 0.3) is 0 Å². The van der Waals surface area contributed by atoms with Crippen LogP contribution >= 0.6 is 0 Å². The van der Waals surface area contributed by atoms with Gasteiger partial charge in [0.1, 0.15) is 0 Å². The number of esters is 1. The average molecular weight is 285 g/mol. The van der Waals surface area contributed by atoms with E-state index in [1.807, 2.05) is 0 Å². The van der Waals surface area contributed by atoms with Gasteiger partial charge >= 0.3 is 5.97 Å². The molecule has 0 aliphatic carbocycles. The van der Waals surface area contributed by atoms with E-state index in [0.717, 1.165) is 26.1 Å². The summed E-state index contributed by atoms with van der Waals surface area (Å²) in [5, 5.41) is 6.17. The number of rotatable bonds is 9. The summed E-state index contributed by atoms with van der Waals surface area (Å²) < 4.78 is 4.83. The molecule has 116 valence electrons. The predicted molar refractivity (Wildman–Crippen MR) is 77.4 cm³/mol. The molecular formula is C14H27N3O3. The Bertz CT molecular complexity index is 304. The van der Waals surface area contributed by atoms with E-state index in [1.54, 1.807) is 6.92 Å². The average Bonchev–Trinajstić information content (AvgIpc) is 2.95. The van der Waals surface area contributed by atoms with Gasteiger partial charge in [0.15, 0.2) is 0 Å². The van der Waals surface area contributed by atoms with Crippen LogP contribution in [0.3, 0.4) is 0 Å². The number of likely N-dealkylation sites (N-methyl/N-ethyl adjacent to an activating group) is 1. The molecule has 2 N–H and O–H groups in total. The Morgan fingerprint density at radius 3 is 2.80 bits per heavy atom. The third-order valence-electron chi connectivity index (χ3n) is 3.49. The van der Waals surface area contributed by atoms with Crippen LogP contribution in [0.15, 0.2) is 0 Å². The van der Waals surface area contributed by atoms with Gasteiger partial charge < -0.3 is 15.4 Å². The highest BCUT2D eigenvalue weighted by Crippen LogP contribution is 2.07. The zero-order valence-electron chi connectivity index (χ0n) is 12.6. The quantitative estimate of drug-likeness (QED) is 0.465. The van der Waals surface area contributed by atoms with E-state index in [1.165, 1.54) is 0 Å². The molecule has 0 aromatic heterocycles. The summed E-state index contributed by atoms with van der Waals surface area (Å²) in [6, 6.07) is 0.463. The highest BCUT2D eigenvalue weighted by Gasteiger charge is 2.22. The number of carbonyl (C=O) groups is 2. The fourth-order valence-electron chi connectivity index (χ4n) is 2.38. The molecule has 1 atom stereocenters. The SMILES string of the molecule is CCOC(=O)CCCNC(=O)CN(CC)C1CCNC1. The van der Waals surface area contributed by atoms with Gasteiger partial charge in [-0.3, -0.25) is 14.5 Å². The van der Waals surface area contributed by atoms with Crippen molar-refractivity contribution in [1.82, 2.24) is 15.5 Å². The van der Waals surface area contributed by atoms with Crippen molar-refractivity contribution in [1.29, 1.82) is 0 Å². The number of hydrogen-bond donors (Lipinski definition) is 2. The maximum Gasteiger partial charge on any atom is 0.305 e. The van der Waals surface area contributed by atoms with E-state index >= 15 is 0 Å². The normalized spacial score (nSPS) is 18.2. The first kappa shape index (κ1) is 16.9. The zero-order chi connectivity index (χ0) is 14.8. The topological polar surface area (TPSA) is 70.7 Å². The van der Waals surface area contributed by atoms with Crippen LogP contribution in [0.5, 0.6) is 0 Å². The van der Waals surface area contributed by atoms with Crippen molar-refractivity contribution in [2.75, 3.05) is 39.3 Å². The number of nitrogens with zero attached hydrogens (tertiary/aromatic N) is 1. The maximum absolute atomic E-state index is 11.9. The van der Waals surface area contributed by atoms with Crippen LogP contribution in [0, 0.1) is 0 Å². The maximum atomic E-state index is 11.9. The van der Waals surface area contributed by atoms with Gasteiger partial charge in [-0.1, -0.05) is 6.92 Å². The summed E-state index contributed by atoms with van der Waals surface area (Å²) in [5.74, 6) is -0.170. The zero-order valence-corrected chi connectivity index (χ0v) is 12.6. The predicted octanol–water partition coefficient (Wildman–Crippen LogP) is 0.130. The van der Waals surface area contributed by atoms with Gasteiger partial charge in [0.05, 0.1) is 13.2 Å². The molecule has 1 aliphatic heterocycles. The van der Waals surface area contributed by atoms with Crippen molar-refractivity contribution in [2.45, 2.75) is 39.2 Å². The van der Waals surface area contributed by atoms with Crippen LogP contribution in [0.2, 0.25) is 0 Å². The Labute approximate surface area is 121 Å². The molecule has 1 amide bonds. The molecular weight excluding hydrogens is 258 g/mol. The number of nitrogens with one attached hydrogen (secondary N) is 2. The lowest BCUT2D eigenvalue weighted by molar-refractivity contribution is -0.143. The van der Waals surface area contributed by atoms with E-state index in [0.29, 0.717) is 38.6 Å². The van der Waals surface area contributed by atoms with Crippen molar-refractivity contribution < 1.29 is 14.3 Å². The van der Waals surface area contributed by atoms with E-state index < -0.39 is 0 Å². The van der Waals surface area contributed by atoms with Gasteiger partial charge in [0.2, 0.25) is 5.91 Å². The highest BCUT2D eigenvalue weighted by atomic mass is 16.5. The third-order valence-corrected chi connectivity index (χ3v) is 3.49. The largest absolute Gasteiger partial charge is 0.466 e. The first-order chi connectivity index (χ1) is 9.67. The van der Waals surface area contributed by atoms with Crippen LogP contribution < -0.4 is 10.6 Å². The number of carbonyl (C=O) groups excluding carboxylic acids is 2. The van der Waals surface area contributed by atoms with Crippen LogP contribution in [-0.4, -0.2) is 62.1 Å². The molecule has 20 heavy (non-hydrogen) atoms. The Hall–Kier alpha value is -1.14. The monoisotopic (exact) mass is 285 g/mol. The molecule has 1 fully saturated rings. The van der Waals surface area contributed by atoms with Gasteiger partial charge in [-0.2, -0.15) is 0 Å². The Morgan fingerprint density at radius 2 is 2.20 bits per heavy atom. The minimum absolute atomic E-state index is 0.0302. The second-order valence-corrected chi connectivity index (χ2v) is 4.97. The molecule has 0 aromatic rings. The van der Waals surface area contributed by atoms with Crippen molar-refractivity contribution in [3.63, 3.8) is 0 Å². The fraction of sp³-hybridized carbons (Fsp3) is 0.857. The van der Waals surface area contributed by atoms with Crippen molar-refractivity contribution in [2.24, 2.45) is 0 Å². The molecule has 0 saturated carbocycles. The summed E-state index contributed by atoms with van der Waals surface area (Å²) in [4.78, 5) is 25.2. The van der Waals surface area contributed by atoms with Gasteiger partial charge in [-0.25, -0.2) is 0 Å². The molecule has 0 bridgehead atoms. The van der Waals surface area contributed by atoms with Crippen LogP contribution in [0.4, 0.5) is 0 Å². The lowest BCUT2D eigenvalue weighted by Gasteiger charge is -2.26. The molecule has 1 saturated heterocycles. The summed E-state index contributed by atoms with van der Waals surface area (Å²) in [6.07, 6.45) is 2.09. The second kappa shape index (κ2) is 9.72. The van der Waals surface area contributed by atoms with Crippen molar-refractivity contribution in [3.8, 4) is 0 Å². The van der Waals surface area contributed by atoms with Gasteiger partial charge in [0, 0.05) is 25.6 Å². The summed E-state index contributed by atoms with van der Waals surface area (Å²) in [6.45, 7) is 8.10. The van der Waals surface area contributed by atoms with E-state index in [9.17, 15) is 9.59 Å². The molecule has 6 heteroatoms. The van der Waals surface area contributed by atoms with Crippen molar-refractivity contribution in [3.05, 3.63) is 0 Å². The molecule has 1 unspecified atom stereocenters. The van der Waals surface area contributed by atoms with Gasteiger partial charge in [-0.05, 0) is 32.9 Å². The Kier molecular flexibility index (Phi) is 8.22. The second-order valence-electron chi connectivity index (χ2n) is 4.97. The van der Waals surface area contributed by atoms with E-state index in [-0.39, 0.29) is 11.9 Å². The summed E-state index contributed by atoms with van der Waals surface area (Å²) in [5.41, 5.74) is 0. The molecule has 1 heterocycles. The number of amides is 1.